The van der Waals surface area contributed by atoms with E-state index in [4.69, 9.17) is 23.2 Å². The standard InChI is InChI=1S/C12H8Cl2F2S/c1-6-2-3-11(17-6)12(14)7-4-9(15)10(16)5-8(7)13/h2-5,12H,1H3. The second-order valence-electron chi connectivity index (χ2n) is 3.60. The van der Waals surface area contributed by atoms with Gasteiger partial charge in [-0.05, 0) is 36.8 Å². The Balaban J connectivity index is 2.43. The lowest BCUT2D eigenvalue weighted by atomic mass is 10.1. The smallest absolute Gasteiger partial charge is 0.160 e. The van der Waals surface area contributed by atoms with Crippen molar-refractivity contribution < 1.29 is 8.78 Å². The summed E-state index contributed by atoms with van der Waals surface area (Å²) in [5.41, 5.74) is 0.383. The van der Waals surface area contributed by atoms with E-state index in [9.17, 15) is 8.78 Å². The number of alkyl halides is 1. The molecule has 1 unspecified atom stereocenters. The Labute approximate surface area is 112 Å². The van der Waals surface area contributed by atoms with Gasteiger partial charge in [-0.1, -0.05) is 11.6 Å². The van der Waals surface area contributed by atoms with Gasteiger partial charge < -0.3 is 0 Å². The van der Waals surface area contributed by atoms with Crippen molar-refractivity contribution in [2.75, 3.05) is 0 Å². The maximum Gasteiger partial charge on any atom is 0.160 e. The van der Waals surface area contributed by atoms with Gasteiger partial charge in [-0.25, -0.2) is 8.78 Å². The van der Waals surface area contributed by atoms with E-state index in [1.54, 1.807) is 0 Å². The van der Waals surface area contributed by atoms with Crippen LogP contribution in [0.25, 0.3) is 0 Å². The Bertz CT molecular complexity index is 551. The third-order valence-electron chi connectivity index (χ3n) is 2.32. The highest BCUT2D eigenvalue weighted by Crippen LogP contribution is 2.37. The summed E-state index contributed by atoms with van der Waals surface area (Å²) < 4.78 is 26.1. The summed E-state index contributed by atoms with van der Waals surface area (Å²) in [6.07, 6.45) is 0. The first-order valence-corrected chi connectivity index (χ1v) is 6.47. The fourth-order valence-electron chi connectivity index (χ4n) is 1.48. The first-order valence-electron chi connectivity index (χ1n) is 4.84. The van der Waals surface area contributed by atoms with Gasteiger partial charge in [0, 0.05) is 14.8 Å². The topological polar surface area (TPSA) is 0 Å². The fourth-order valence-corrected chi connectivity index (χ4v) is 3.05. The van der Waals surface area contributed by atoms with Gasteiger partial charge in [0.05, 0.1) is 5.38 Å². The number of benzene rings is 1. The Morgan fingerprint density at radius 3 is 2.41 bits per heavy atom. The van der Waals surface area contributed by atoms with Crippen LogP contribution in [-0.4, -0.2) is 0 Å². The molecule has 0 spiro atoms. The average molecular weight is 293 g/mol. The maximum absolute atomic E-state index is 13.2. The molecule has 0 nitrogen and oxygen atoms in total. The van der Waals surface area contributed by atoms with E-state index in [2.05, 4.69) is 0 Å². The molecule has 1 heterocycles. The van der Waals surface area contributed by atoms with Crippen LogP contribution < -0.4 is 0 Å². The molecule has 90 valence electrons. The van der Waals surface area contributed by atoms with E-state index in [0.29, 0.717) is 5.56 Å². The number of hydrogen-bond acceptors (Lipinski definition) is 1. The van der Waals surface area contributed by atoms with E-state index in [0.717, 1.165) is 21.9 Å². The SMILES string of the molecule is Cc1ccc(C(Cl)c2cc(F)c(F)cc2Cl)s1. The molecule has 5 heteroatoms. The zero-order valence-electron chi connectivity index (χ0n) is 8.81. The minimum atomic E-state index is -0.968. The molecule has 0 amide bonds. The Morgan fingerprint density at radius 2 is 1.82 bits per heavy atom. The molecule has 2 rings (SSSR count). The van der Waals surface area contributed by atoms with E-state index in [1.807, 2.05) is 19.1 Å². The number of thiophene rings is 1. The molecule has 0 saturated heterocycles. The monoisotopic (exact) mass is 292 g/mol. The number of aryl methyl sites for hydroxylation is 1. The Morgan fingerprint density at radius 1 is 1.18 bits per heavy atom. The number of rotatable bonds is 2. The van der Waals surface area contributed by atoms with E-state index in [-0.39, 0.29) is 5.02 Å². The Hall–Kier alpha value is -0.640. The number of halogens is 4. The van der Waals surface area contributed by atoms with Crippen molar-refractivity contribution in [3.63, 3.8) is 0 Å². The van der Waals surface area contributed by atoms with Crippen molar-refractivity contribution in [3.05, 3.63) is 56.2 Å². The van der Waals surface area contributed by atoms with Crippen molar-refractivity contribution >= 4 is 34.5 Å². The zero-order chi connectivity index (χ0) is 12.6. The van der Waals surface area contributed by atoms with Gasteiger partial charge in [-0.3, -0.25) is 0 Å². The van der Waals surface area contributed by atoms with Crippen molar-refractivity contribution in [2.24, 2.45) is 0 Å². The van der Waals surface area contributed by atoms with Gasteiger partial charge >= 0.3 is 0 Å². The first kappa shape index (κ1) is 12.8. The molecule has 0 saturated carbocycles. The quantitative estimate of drug-likeness (QED) is 0.519. The normalized spacial score (nSPS) is 12.8. The summed E-state index contributed by atoms with van der Waals surface area (Å²) in [7, 11) is 0. The summed E-state index contributed by atoms with van der Waals surface area (Å²) in [5.74, 6) is -1.91. The van der Waals surface area contributed by atoms with Crippen LogP contribution in [0.3, 0.4) is 0 Å². The van der Waals surface area contributed by atoms with Crippen molar-refractivity contribution in [1.29, 1.82) is 0 Å². The molecule has 2 aromatic rings. The molecule has 1 aromatic heterocycles. The second-order valence-corrected chi connectivity index (χ2v) is 5.76. The third kappa shape index (κ3) is 2.62. The molecule has 1 atom stereocenters. The van der Waals surface area contributed by atoms with Crippen LogP contribution in [0.2, 0.25) is 5.02 Å². The van der Waals surface area contributed by atoms with E-state index >= 15 is 0 Å². The fraction of sp³-hybridized carbons (Fsp3) is 0.167. The molecule has 0 radical (unpaired) electrons. The van der Waals surface area contributed by atoms with E-state index in [1.165, 1.54) is 11.3 Å². The van der Waals surface area contributed by atoms with Crippen LogP contribution in [0.4, 0.5) is 8.78 Å². The highest BCUT2D eigenvalue weighted by Gasteiger charge is 2.18. The summed E-state index contributed by atoms with van der Waals surface area (Å²) >= 11 is 13.6. The third-order valence-corrected chi connectivity index (χ3v) is 4.32. The minimum absolute atomic E-state index is 0.134. The highest BCUT2D eigenvalue weighted by atomic mass is 35.5. The van der Waals surface area contributed by atoms with Crippen LogP contribution >= 0.6 is 34.5 Å². The summed E-state index contributed by atoms with van der Waals surface area (Å²) in [5, 5.41) is -0.425. The lowest BCUT2D eigenvalue weighted by molar-refractivity contribution is 0.507. The predicted octanol–water partition coefficient (Wildman–Crippen LogP) is 5.32. The zero-order valence-corrected chi connectivity index (χ0v) is 11.1. The van der Waals surface area contributed by atoms with Crippen LogP contribution in [0.1, 0.15) is 20.7 Å². The van der Waals surface area contributed by atoms with Gasteiger partial charge in [-0.15, -0.1) is 22.9 Å². The molecule has 0 aliphatic heterocycles. The molecular formula is C12H8Cl2F2S. The predicted molar refractivity (Wildman–Crippen MR) is 68.1 cm³/mol. The molecule has 0 bridgehead atoms. The average Bonchev–Trinajstić information content (AvgIpc) is 2.69. The Kier molecular flexibility index (Phi) is 3.71. The summed E-state index contributed by atoms with van der Waals surface area (Å²) in [4.78, 5) is 1.96. The van der Waals surface area contributed by atoms with Gasteiger partial charge in [-0.2, -0.15) is 0 Å². The van der Waals surface area contributed by atoms with Gasteiger partial charge in [0.15, 0.2) is 11.6 Å². The molecule has 17 heavy (non-hydrogen) atoms. The minimum Gasteiger partial charge on any atom is -0.204 e. The molecule has 0 fully saturated rings. The molecule has 0 N–H and O–H groups in total. The van der Waals surface area contributed by atoms with Crippen LogP contribution in [0, 0.1) is 18.6 Å². The van der Waals surface area contributed by atoms with Gasteiger partial charge in [0.2, 0.25) is 0 Å². The largest absolute Gasteiger partial charge is 0.204 e. The highest BCUT2D eigenvalue weighted by molar-refractivity contribution is 7.12. The summed E-state index contributed by atoms with van der Waals surface area (Å²) in [6, 6.07) is 5.77. The van der Waals surface area contributed by atoms with Gasteiger partial charge in [0.1, 0.15) is 0 Å². The van der Waals surface area contributed by atoms with Crippen LogP contribution in [0.5, 0.6) is 0 Å². The second kappa shape index (κ2) is 4.92. The van der Waals surface area contributed by atoms with Crippen molar-refractivity contribution in [1.82, 2.24) is 0 Å². The number of hydrogen-bond donors (Lipinski definition) is 0. The van der Waals surface area contributed by atoms with Crippen LogP contribution in [-0.2, 0) is 0 Å². The lowest BCUT2D eigenvalue weighted by Gasteiger charge is -2.10. The first-order chi connectivity index (χ1) is 7.99. The van der Waals surface area contributed by atoms with Gasteiger partial charge in [0.25, 0.3) is 0 Å². The van der Waals surface area contributed by atoms with Crippen molar-refractivity contribution in [3.8, 4) is 0 Å². The maximum atomic E-state index is 13.2. The molecule has 0 aliphatic rings. The summed E-state index contributed by atoms with van der Waals surface area (Å²) in [6.45, 7) is 1.95. The van der Waals surface area contributed by atoms with Crippen molar-refractivity contribution in [2.45, 2.75) is 12.3 Å². The molecule has 1 aromatic carbocycles. The van der Waals surface area contributed by atoms with Crippen LogP contribution in [0.15, 0.2) is 24.3 Å². The molecular weight excluding hydrogens is 285 g/mol. The lowest BCUT2D eigenvalue weighted by Crippen LogP contribution is -1.95. The molecule has 0 aliphatic carbocycles. The van der Waals surface area contributed by atoms with E-state index < -0.39 is 17.0 Å².